The Kier molecular flexibility index (Phi) is 5.38. The number of nitrogens with zero attached hydrogens (tertiary/aromatic N) is 2. The Labute approximate surface area is 122 Å². The quantitative estimate of drug-likeness (QED) is 0.698. The van der Waals surface area contributed by atoms with Crippen molar-refractivity contribution in [1.82, 2.24) is 9.21 Å². The second-order valence-corrected chi connectivity index (χ2v) is 8.67. The molecule has 5 nitrogen and oxygen atoms in total. The summed E-state index contributed by atoms with van der Waals surface area (Å²) >= 11 is 0. The lowest BCUT2D eigenvalue weighted by molar-refractivity contribution is -0.130. The Morgan fingerprint density at radius 2 is 2.05 bits per heavy atom. The molecule has 0 spiro atoms. The van der Waals surface area contributed by atoms with Crippen molar-refractivity contribution in [2.45, 2.75) is 39.7 Å². The van der Waals surface area contributed by atoms with E-state index in [-0.39, 0.29) is 17.1 Å². The van der Waals surface area contributed by atoms with Crippen LogP contribution in [-0.2, 0) is 14.8 Å². The van der Waals surface area contributed by atoms with E-state index in [1.807, 2.05) is 20.8 Å². The van der Waals surface area contributed by atoms with Gasteiger partial charge in [0.05, 0.1) is 5.75 Å². The fraction of sp³-hybridized carbons (Fsp3) is 0.786. The van der Waals surface area contributed by atoms with Gasteiger partial charge < -0.3 is 4.90 Å². The van der Waals surface area contributed by atoms with Crippen LogP contribution in [0.4, 0.5) is 0 Å². The van der Waals surface area contributed by atoms with Gasteiger partial charge in [-0.1, -0.05) is 26.8 Å². The van der Waals surface area contributed by atoms with Crippen LogP contribution in [0.1, 0.15) is 33.6 Å². The minimum absolute atomic E-state index is 0.0392. The first-order chi connectivity index (χ1) is 9.08. The molecule has 0 aromatic carbocycles. The summed E-state index contributed by atoms with van der Waals surface area (Å²) in [5, 5.41) is 0. The highest BCUT2D eigenvalue weighted by molar-refractivity contribution is 7.89. The van der Waals surface area contributed by atoms with E-state index in [0.717, 1.165) is 0 Å². The lowest BCUT2D eigenvalue weighted by Crippen LogP contribution is -2.44. The van der Waals surface area contributed by atoms with E-state index in [0.29, 0.717) is 25.9 Å². The minimum Gasteiger partial charge on any atom is -0.338 e. The molecule has 1 fully saturated rings. The zero-order valence-corrected chi connectivity index (χ0v) is 13.7. The van der Waals surface area contributed by atoms with Crippen LogP contribution in [-0.4, -0.2) is 55.5 Å². The number of likely N-dealkylation sites (tertiary alicyclic amines) is 1. The molecule has 0 radical (unpaired) electrons. The van der Waals surface area contributed by atoms with Gasteiger partial charge in [-0.05, 0) is 18.3 Å². The summed E-state index contributed by atoms with van der Waals surface area (Å²) in [4.78, 5) is 13.8. The maximum Gasteiger partial charge on any atom is 0.241 e. The zero-order chi connectivity index (χ0) is 15.6. The summed E-state index contributed by atoms with van der Waals surface area (Å²) in [6, 6.07) is -0.556. The fourth-order valence-corrected chi connectivity index (χ4v) is 3.91. The summed E-state index contributed by atoms with van der Waals surface area (Å²) in [6.07, 6.45) is 2.79. The number of carbonyl (C=O) groups excluding carboxylic acids is 1. The number of sulfonamides is 1. The predicted octanol–water partition coefficient (Wildman–Crippen LogP) is 1.47. The predicted molar refractivity (Wildman–Crippen MR) is 80.8 cm³/mol. The standard InChI is InChI=1S/C14H26N2O3S/c1-6-9-16-10-7-12(13(16)17)15(5)20(18,19)11-8-14(2,3)4/h6,12H,1,7-11H2,2-5H3/t12-/m1/s1. The first kappa shape index (κ1) is 17.2. The van der Waals surface area contributed by atoms with Crippen LogP contribution in [0.5, 0.6) is 0 Å². The van der Waals surface area contributed by atoms with Crippen LogP contribution in [0, 0.1) is 5.41 Å². The molecule has 1 saturated heterocycles. The highest BCUT2D eigenvalue weighted by Gasteiger charge is 2.38. The van der Waals surface area contributed by atoms with E-state index >= 15 is 0 Å². The third-order valence-corrected chi connectivity index (χ3v) is 5.46. The van der Waals surface area contributed by atoms with Crippen LogP contribution in [0.3, 0.4) is 0 Å². The van der Waals surface area contributed by atoms with Crippen molar-refractivity contribution in [2.75, 3.05) is 25.9 Å². The monoisotopic (exact) mass is 302 g/mol. The summed E-state index contributed by atoms with van der Waals surface area (Å²) in [5.74, 6) is -0.0372. The molecule has 1 amide bonds. The molecular formula is C14H26N2O3S. The Morgan fingerprint density at radius 3 is 2.55 bits per heavy atom. The molecule has 1 rings (SSSR count). The van der Waals surface area contributed by atoms with Crippen LogP contribution in [0.2, 0.25) is 0 Å². The van der Waals surface area contributed by atoms with Gasteiger partial charge in [0.15, 0.2) is 0 Å². The van der Waals surface area contributed by atoms with Crippen molar-refractivity contribution in [3.8, 4) is 0 Å². The first-order valence-corrected chi connectivity index (χ1v) is 8.55. The average Bonchev–Trinajstić information content (AvgIpc) is 2.68. The molecule has 0 saturated carbocycles. The van der Waals surface area contributed by atoms with Crippen LogP contribution in [0.25, 0.3) is 0 Å². The van der Waals surface area contributed by atoms with E-state index in [9.17, 15) is 13.2 Å². The van der Waals surface area contributed by atoms with Gasteiger partial charge >= 0.3 is 0 Å². The molecule has 0 bridgehead atoms. The zero-order valence-electron chi connectivity index (χ0n) is 12.9. The van der Waals surface area contributed by atoms with E-state index in [1.165, 1.54) is 11.4 Å². The Bertz CT molecular complexity index is 465. The number of carbonyl (C=O) groups is 1. The molecule has 0 aromatic heterocycles. The maximum absolute atomic E-state index is 12.3. The Balaban J connectivity index is 2.72. The minimum atomic E-state index is -3.39. The van der Waals surface area contributed by atoms with Crippen molar-refractivity contribution in [3.05, 3.63) is 12.7 Å². The molecule has 0 unspecified atom stereocenters. The van der Waals surface area contributed by atoms with Gasteiger partial charge in [-0.2, -0.15) is 4.31 Å². The molecule has 1 aliphatic heterocycles. The molecule has 20 heavy (non-hydrogen) atoms. The van der Waals surface area contributed by atoms with Crippen molar-refractivity contribution >= 4 is 15.9 Å². The van der Waals surface area contributed by atoms with Gasteiger partial charge in [0, 0.05) is 20.1 Å². The highest BCUT2D eigenvalue weighted by atomic mass is 32.2. The van der Waals surface area contributed by atoms with Crippen LogP contribution in [0.15, 0.2) is 12.7 Å². The number of amides is 1. The molecule has 0 N–H and O–H groups in total. The van der Waals surface area contributed by atoms with Gasteiger partial charge in [0.25, 0.3) is 0 Å². The first-order valence-electron chi connectivity index (χ1n) is 6.94. The largest absolute Gasteiger partial charge is 0.338 e. The van der Waals surface area contributed by atoms with Crippen LogP contribution < -0.4 is 0 Å². The molecule has 6 heteroatoms. The molecule has 1 heterocycles. The summed E-state index contributed by atoms with van der Waals surface area (Å²) < 4.78 is 25.9. The van der Waals surface area contributed by atoms with Crippen molar-refractivity contribution in [3.63, 3.8) is 0 Å². The van der Waals surface area contributed by atoms with Gasteiger partial charge in [-0.25, -0.2) is 8.42 Å². The fourth-order valence-electron chi connectivity index (χ4n) is 2.17. The van der Waals surface area contributed by atoms with E-state index < -0.39 is 16.1 Å². The summed E-state index contributed by atoms with van der Waals surface area (Å²) in [5.41, 5.74) is -0.0392. The number of likely N-dealkylation sites (N-methyl/N-ethyl adjacent to an activating group) is 1. The van der Waals surface area contributed by atoms with Crippen LogP contribution >= 0.6 is 0 Å². The topological polar surface area (TPSA) is 57.7 Å². The van der Waals surface area contributed by atoms with Gasteiger partial charge in [-0.15, -0.1) is 6.58 Å². The Morgan fingerprint density at radius 1 is 1.45 bits per heavy atom. The number of rotatable bonds is 6. The SMILES string of the molecule is C=CCN1CC[C@@H](N(C)S(=O)(=O)CCC(C)(C)C)C1=O. The maximum atomic E-state index is 12.3. The van der Waals surface area contributed by atoms with Gasteiger partial charge in [-0.3, -0.25) is 4.79 Å². The Hall–Kier alpha value is -0.880. The molecule has 116 valence electrons. The second kappa shape index (κ2) is 6.26. The lowest BCUT2D eigenvalue weighted by Gasteiger charge is -2.25. The highest BCUT2D eigenvalue weighted by Crippen LogP contribution is 2.23. The smallest absolute Gasteiger partial charge is 0.241 e. The van der Waals surface area contributed by atoms with Crippen molar-refractivity contribution < 1.29 is 13.2 Å². The third-order valence-electron chi connectivity index (χ3n) is 3.61. The third kappa shape index (κ3) is 4.31. The average molecular weight is 302 g/mol. The molecule has 0 aliphatic carbocycles. The summed E-state index contributed by atoms with van der Waals surface area (Å²) in [7, 11) is -1.88. The molecular weight excluding hydrogens is 276 g/mol. The second-order valence-electron chi connectivity index (χ2n) is 6.52. The molecule has 1 atom stereocenters. The number of hydrogen-bond donors (Lipinski definition) is 0. The van der Waals surface area contributed by atoms with Crippen molar-refractivity contribution in [2.24, 2.45) is 5.41 Å². The van der Waals surface area contributed by atoms with E-state index in [4.69, 9.17) is 0 Å². The van der Waals surface area contributed by atoms with E-state index in [1.54, 1.807) is 11.0 Å². The lowest BCUT2D eigenvalue weighted by atomic mass is 9.94. The molecule has 0 aromatic rings. The normalized spacial score (nSPS) is 20.8. The van der Waals surface area contributed by atoms with Crippen molar-refractivity contribution in [1.29, 1.82) is 0 Å². The summed E-state index contributed by atoms with van der Waals surface area (Å²) in [6.45, 7) is 10.7. The molecule has 1 aliphatic rings. The van der Waals surface area contributed by atoms with E-state index in [2.05, 4.69) is 6.58 Å². The van der Waals surface area contributed by atoms with Gasteiger partial charge in [0.1, 0.15) is 6.04 Å². The van der Waals surface area contributed by atoms with Gasteiger partial charge in [0.2, 0.25) is 15.9 Å². The number of hydrogen-bond acceptors (Lipinski definition) is 3.